The molecule has 1 saturated carbocycles. The number of nitrogens with two attached hydrogens (primary N) is 1. The first-order chi connectivity index (χ1) is 14.9. The highest BCUT2D eigenvalue weighted by molar-refractivity contribution is 6.05. The fourth-order valence-corrected chi connectivity index (χ4v) is 3.21. The second-order valence-electron chi connectivity index (χ2n) is 7.22. The molecule has 4 rings (SSSR count). The average Bonchev–Trinajstić information content (AvgIpc) is 3.51. The largest absolute Gasteiger partial charge is 0.495 e. The van der Waals surface area contributed by atoms with E-state index in [9.17, 15) is 18.4 Å². The van der Waals surface area contributed by atoms with Crippen LogP contribution in [0.4, 0.5) is 13.6 Å². The van der Waals surface area contributed by atoms with Gasteiger partial charge >= 0.3 is 12.0 Å². The molecule has 2 aromatic carbocycles. The van der Waals surface area contributed by atoms with Crippen molar-refractivity contribution < 1.29 is 27.8 Å². The zero-order valence-corrected chi connectivity index (χ0v) is 16.6. The van der Waals surface area contributed by atoms with Crippen LogP contribution in [0.3, 0.4) is 0 Å². The number of hydrogen-bond donors (Lipinski definition) is 1. The van der Waals surface area contributed by atoms with Crippen LogP contribution in [0.1, 0.15) is 34.5 Å². The summed E-state index contributed by atoms with van der Waals surface area (Å²) in [5.41, 5.74) is 6.57. The highest BCUT2D eigenvalue weighted by Crippen LogP contribution is 2.35. The van der Waals surface area contributed by atoms with Gasteiger partial charge in [0.05, 0.1) is 30.3 Å². The highest BCUT2D eigenvalue weighted by atomic mass is 19.2. The molecule has 0 saturated heterocycles. The van der Waals surface area contributed by atoms with Gasteiger partial charge in [0.25, 0.3) is 0 Å². The van der Waals surface area contributed by atoms with E-state index in [0.717, 1.165) is 29.7 Å². The third kappa shape index (κ3) is 4.11. The Hall–Kier alpha value is -3.75. The van der Waals surface area contributed by atoms with E-state index >= 15 is 0 Å². The maximum absolute atomic E-state index is 13.5. The third-order valence-electron chi connectivity index (χ3n) is 4.98. The number of rotatable bonds is 6. The Bertz CT molecular complexity index is 1220. The molecule has 7 nitrogen and oxygen atoms in total. The summed E-state index contributed by atoms with van der Waals surface area (Å²) in [5, 5.41) is 4.55. The fourth-order valence-electron chi connectivity index (χ4n) is 3.21. The van der Waals surface area contributed by atoms with Crippen LogP contribution in [0.15, 0.2) is 30.3 Å². The number of methoxy groups -OCH3 is 1. The van der Waals surface area contributed by atoms with Crippen molar-refractivity contribution in [3.05, 3.63) is 58.8 Å². The molecule has 1 aliphatic rings. The SMILES string of the molecule is COc1c(C(=O)OCC2CC2)ccc2c1c(C=Cc1ccc(F)c(F)c1)nn2C(N)=O. The topological polar surface area (TPSA) is 96.4 Å². The van der Waals surface area contributed by atoms with Crippen LogP contribution >= 0.6 is 0 Å². The fraction of sp³-hybridized carbons (Fsp3) is 0.227. The lowest BCUT2D eigenvalue weighted by Crippen LogP contribution is -2.20. The average molecular weight is 427 g/mol. The predicted octanol–water partition coefficient (Wildman–Crippen LogP) is 3.99. The van der Waals surface area contributed by atoms with Crippen molar-refractivity contribution in [2.24, 2.45) is 11.7 Å². The summed E-state index contributed by atoms with van der Waals surface area (Å²) in [6.07, 6.45) is 5.06. The lowest BCUT2D eigenvalue weighted by Gasteiger charge is -2.10. The monoisotopic (exact) mass is 427 g/mol. The van der Waals surface area contributed by atoms with Crippen molar-refractivity contribution in [2.75, 3.05) is 13.7 Å². The summed E-state index contributed by atoms with van der Waals surface area (Å²) in [7, 11) is 1.39. The molecular weight excluding hydrogens is 408 g/mol. The van der Waals surface area contributed by atoms with Crippen molar-refractivity contribution in [1.29, 1.82) is 0 Å². The molecular formula is C22H19F2N3O4. The lowest BCUT2D eigenvalue weighted by molar-refractivity contribution is 0.0483. The van der Waals surface area contributed by atoms with Gasteiger partial charge in [-0.15, -0.1) is 0 Å². The van der Waals surface area contributed by atoms with Crippen molar-refractivity contribution in [2.45, 2.75) is 12.8 Å². The molecule has 0 atom stereocenters. The van der Waals surface area contributed by atoms with Crippen LogP contribution < -0.4 is 10.5 Å². The summed E-state index contributed by atoms with van der Waals surface area (Å²) in [4.78, 5) is 24.4. The van der Waals surface area contributed by atoms with Crippen molar-refractivity contribution in [3.8, 4) is 5.75 Å². The molecule has 1 amide bonds. The predicted molar refractivity (Wildman–Crippen MR) is 110 cm³/mol. The van der Waals surface area contributed by atoms with E-state index in [0.29, 0.717) is 29.0 Å². The molecule has 0 unspecified atom stereocenters. The third-order valence-corrected chi connectivity index (χ3v) is 4.98. The summed E-state index contributed by atoms with van der Waals surface area (Å²) in [6.45, 7) is 0.337. The summed E-state index contributed by atoms with van der Waals surface area (Å²) < 4.78 is 38.5. The lowest BCUT2D eigenvalue weighted by atomic mass is 10.1. The summed E-state index contributed by atoms with van der Waals surface area (Å²) >= 11 is 0. The number of aromatic nitrogens is 2. The van der Waals surface area contributed by atoms with Crippen LogP contribution in [0.2, 0.25) is 0 Å². The number of amides is 1. The van der Waals surface area contributed by atoms with E-state index in [1.54, 1.807) is 0 Å². The van der Waals surface area contributed by atoms with Crippen LogP contribution in [0.25, 0.3) is 23.1 Å². The Morgan fingerprint density at radius 2 is 1.97 bits per heavy atom. The Labute approximate surface area is 176 Å². The maximum Gasteiger partial charge on any atom is 0.341 e. The minimum Gasteiger partial charge on any atom is -0.495 e. The van der Waals surface area contributed by atoms with Gasteiger partial charge in [0.2, 0.25) is 0 Å². The van der Waals surface area contributed by atoms with Gasteiger partial charge in [-0.25, -0.2) is 18.4 Å². The second-order valence-corrected chi connectivity index (χ2v) is 7.22. The van der Waals surface area contributed by atoms with Gasteiger partial charge < -0.3 is 15.2 Å². The first-order valence-corrected chi connectivity index (χ1v) is 9.59. The standard InChI is InChI=1S/C22H19F2N3O4/c1-30-20-14(21(28)31-11-13-2-3-13)6-9-18-19(20)17(26-27(18)22(25)29)8-5-12-4-7-15(23)16(24)10-12/h4-10,13H,2-3,11H2,1H3,(H2,25,29). The molecule has 160 valence electrons. The van der Waals surface area contributed by atoms with Gasteiger partial charge in [0.1, 0.15) is 11.3 Å². The van der Waals surface area contributed by atoms with Crippen LogP contribution in [0, 0.1) is 17.6 Å². The Morgan fingerprint density at radius 3 is 2.61 bits per heavy atom. The number of halogens is 2. The van der Waals surface area contributed by atoms with Crippen LogP contribution in [0.5, 0.6) is 5.75 Å². The number of esters is 1. The maximum atomic E-state index is 13.5. The van der Waals surface area contributed by atoms with E-state index in [1.807, 2.05) is 0 Å². The minimum absolute atomic E-state index is 0.177. The molecule has 0 aliphatic heterocycles. The van der Waals surface area contributed by atoms with Crippen molar-refractivity contribution >= 4 is 35.1 Å². The highest BCUT2D eigenvalue weighted by Gasteiger charge is 2.26. The number of fused-ring (bicyclic) bond motifs is 1. The smallest absolute Gasteiger partial charge is 0.341 e. The van der Waals surface area contributed by atoms with Crippen LogP contribution in [-0.4, -0.2) is 35.5 Å². The van der Waals surface area contributed by atoms with E-state index in [4.69, 9.17) is 15.2 Å². The van der Waals surface area contributed by atoms with Crippen molar-refractivity contribution in [3.63, 3.8) is 0 Å². The van der Waals surface area contributed by atoms with Crippen LogP contribution in [-0.2, 0) is 4.74 Å². The van der Waals surface area contributed by atoms with Crippen molar-refractivity contribution in [1.82, 2.24) is 9.78 Å². The zero-order chi connectivity index (χ0) is 22.1. The number of benzene rings is 2. The molecule has 1 fully saturated rings. The summed E-state index contributed by atoms with van der Waals surface area (Å²) in [6, 6.07) is 5.60. The number of ether oxygens (including phenoxy) is 2. The number of carbonyl (C=O) groups is 2. The number of nitrogens with zero attached hydrogens (tertiary/aromatic N) is 2. The van der Waals surface area contributed by atoms with E-state index in [-0.39, 0.29) is 17.0 Å². The first kappa shape index (κ1) is 20.5. The molecule has 1 aromatic heterocycles. The minimum atomic E-state index is -0.993. The van der Waals surface area contributed by atoms with Gasteiger partial charge in [0.15, 0.2) is 11.6 Å². The quantitative estimate of drug-likeness (QED) is 0.600. The number of carbonyl (C=O) groups excluding carboxylic acids is 2. The molecule has 3 aromatic rings. The molecule has 0 spiro atoms. The van der Waals surface area contributed by atoms with Gasteiger partial charge in [-0.2, -0.15) is 9.78 Å². The summed E-state index contributed by atoms with van der Waals surface area (Å²) in [5.74, 6) is -1.93. The Morgan fingerprint density at radius 1 is 1.19 bits per heavy atom. The van der Waals surface area contributed by atoms with Gasteiger partial charge in [-0.3, -0.25) is 0 Å². The first-order valence-electron chi connectivity index (χ1n) is 9.59. The molecule has 31 heavy (non-hydrogen) atoms. The van der Waals surface area contributed by atoms with Gasteiger partial charge in [-0.1, -0.05) is 12.1 Å². The molecule has 2 N–H and O–H groups in total. The Balaban J connectivity index is 1.79. The van der Waals surface area contributed by atoms with Gasteiger partial charge in [0, 0.05) is 0 Å². The molecule has 1 heterocycles. The Kier molecular flexibility index (Phi) is 5.41. The van der Waals surface area contributed by atoms with E-state index < -0.39 is 23.6 Å². The van der Waals surface area contributed by atoms with E-state index in [1.165, 1.54) is 37.5 Å². The van der Waals surface area contributed by atoms with E-state index in [2.05, 4.69) is 5.10 Å². The normalized spacial score (nSPS) is 13.6. The zero-order valence-electron chi connectivity index (χ0n) is 16.6. The second kappa shape index (κ2) is 8.17. The molecule has 0 bridgehead atoms. The number of primary amides is 1. The molecule has 9 heteroatoms. The number of hydrogen-bond acceptors (Lipinski definition) is 5. The molecule has 1 aliphatic carbocycles. The van der Waals surface area contributed by atoms with Gasteiger partial charge in [-0.05, 0) is 54.7 Å². The molecule has 0 radical (unpaired) electrons.